The topological polar surface area (TPSA) is 71.1 Å². The smallest absolute Gasteiger partial charge is 0.263 e. The predicted octanol–water partition coefficient (Wildman–Crippen LogP) is 2.75. The summed E-state index contributed by atoms with van der Waals surface area (Å²) in [5, 5.41) is 5.13. The molecular formula is C14H19N3O2S2. The van der Waals surface area contributed by atoms with Crippen molar-refractivity contribution >= 4 is 27.0 Å². The van der Waals surface area contributed by atoms with E-state index in [9.17, 15) is 8.42 Å². The molecule has 114 valence electrons. The minimum absolute atomic E-state index is 0.302. The van der Waals surface area contributed by atoms with Crippen LogP contribution in [0, 0.1) is 6.92 Å². The summed E-state index contributed by atoms with van der Waals surface area (Å²) in [7, 11) is -3.59. The maximum Gasteiger partial charge on any atom is 0.263 e. The average molecular weight is 325 g/mol. The van der Waals surface area contributed by atoms with Gasteiger partial charge in [0.05, 0.1) is 5.69 Å². The SMILES string of the molecule is Cc1csc(CNC(C)C)c1S(=O)(=O)Nc1ccncc1. The number of thiophene rings is 1. The maximum atomic E-state index is 12.6. The number of hydrogen-bond acceptors (Lipinski definition) is 5. The standard InChI is InChI=1S/C14H19N3O2S2/c1-10(2)16-8-13-14(11(3)9-20-13)21(18,19)17-12-4-6-15-7-5-12/h4-7,9-10,16H,8H2,1-3H3,(H,15,17). The molecule has 0 aromatic carbocycles. The Morgan fingerprint density at radius 2 is 1.95 bits per heavy atom. The predicted molar refractivity (Wildman–Crippen MR) is 86.1 cm³/mol. The highest BCUT2D eigenvalue weighted by Crippen LogP contribution is 2.28. The molecule has 2 N–H and O–H groups in total. The van der Waals surface area contributed by atoms with E-state index in [-0.39, 0.29) is 0 Å². The molecule has 0 saturated heterocycles. The van der Waals surface area contributed by atoms with Gasteiger partial charge in [0, 0.05) is 29.9 Å². The van der Waals surface area contributed by atoms with Gasteiger partial charge >= 0.3 is 0 Å². The van der Waals surface area contributed by atoms with Crippen molar-refractivity contribution in [2.45, 2.75) is 38.3 Å². The van der Waals surface area contributed by atoms with Gasteiger partial charge in [0.15, 0.2) is 0 Å². The van der Waals surface area contributed by atoms with Crippen molar-refractivity contribution in [3.05, 3.63) is 40.3 Å². The molecule has 0 aliphatic rings. The Hall–Kier alpha value is -1.44. The highest BCUT2D eigenvalue weighted by molar-refractivity contribution is 7.93. The van der Waals surface area contributed by atoms with E-state index >= 15 is 0 Å². The summed E-state index contributed by atoms with van der Waals surface area (Å²) in [6.07, 6.45) is 3.11. The molecule has 7 heteroatoms. The lowest BCUT2D eigenvalue weighted by molar-refractivity contribution is 0.581. The summed E-state index contributed by atoms with van der Waals surface area (Å²) >= 11 is 1.46. The second kappa shape index (κ2) is 6.55. The summed E-state index contributed by atoms with van der Waals surface area (Å²) in [5.41, 5.74) is 1.28. The first-order chi connectivity index (χ1) is 9.90. The van der Waals surface area contributed by atoms with Crippen LogP contribution in [0.5, 0.6) is 0 Å². The molecule has 2 aromatic rings. The van der Waals surface area contributed by atoms with E-state index in [0.29, 0.717) is 23.2 Å². The Morgan fingerprint density at radius 3 is 2.57 bits per heavy atom. The fourth-order valence-electron chi connectivity index (χ4n) is 1.89. The molecule has 0 unspecified atom stereocenters. The van der Waals surface area contributed by atoms with Crippen molar-refractivity contribution in [2.75, 3.05) is 4.72 Å². The number of nitrogens with zero attached hydrogens (tertiary/aromatic N) is 1. The fourth-order valence-corrected chi connectivity index (χ4v) is 4.72. The summed E-state index contributed by atoms with van der Waals surface area (Å²) in [4.78, 5) is 5.07. The average Bonchev–Trinajstić information content (AvgIpc) is 2.79. The third-order valence-electron chi connectivity index (χ3n) is 2.86. The lowest BCUT2D eigenvalue weighted by Crippen LogP contribution is -2.23. The highest BCUT2D eigenvalue weighted by atomic mass is 32.2. The van der Waals surface area contributed by atoms with Crippen LogP contribution in [0.3, 0.4) is 0 Å². The molecule has 0 bridgehead atoms. The zero-order valence-electron chi connectivity index (χ0n) is 12.3. The zero-order valence-corrected chi connectivity index (χ0v) is 13.9. The van der Waals surface area contributed by atoms with Crippen LogP contribution in [0.2, 0.25) is 0 Å². The molecule has 5 nitrogen and oxygen atoms in total. The van der Waals surface area contributed by atoms with Gasteiger partial charge in [-0.3, -0.25) is 9.71 Å². The van der Waals surface area contributed by atoms with Gasteiger partial charge in [-0.15, -0.1) is 11.3 Å². The molecule has 0 atom stereocenters. The Bertz CT molecular complexity index is 694. The maximum absolute atomic E-state index is 12.6. The summed E-state index contributed by atoms with van der Waals surface area (Å²) in [5.74, 6) is 0. The third kappa shape index (κ3) is 4.03. The summed E-state index contributed by atoms with van der Waals surface area (Å²) in [6.45, 7) is 6.42. The van der Waals surface area contributed by atoms with Crippen molar-refractivity contribution in [3.8, 4) is 0 Å². The molecular weight excluding hydrogens is 306 g/mol. The second-order valence-electron chi connectivity index (χ2n) is 5.05. The van der Waals surface area contributed by atoms with E-state index in [1.54, 1.807) is 24.5 Å². The van der Waals surface area contributed by atoms with E-state index in [1.807, 2.05) is 26.2 Å². The minimum atomic E-state index is -3.59. The largest absolute Gasteiger partial charge is 0.310 e. The van der Waals surface area contributed by atoms with Crippen molar-refractivity contribution in [3.63, 3.8) is 0 Å². The van der Waals surface area contributed by atoms with Crippen molar-refractivity contribution in [2.24, 2.45) is 0 Å². The molecule has 2 heterocycles. The fraction of sp³-hybridized carbons (Fsp3) is 0.357. The molecule has 0 spiro atoms. The van der Waals surface area contributed by atoms with Crippen LogP contribution < -0.4 is 10.0 Å². The van der Waals surface area contributed by atoms with E-state index in [2.05, 4.69) is 15.0 Å². The number of aromatic nitrogens is 1. The van der Waals surface area contributed by atoms with E-state index in [0.717, 1.165) is 10.4 Å². The van der Waals surface area contributed by atoms with Gasteiger partial charge in [0.25, 0.3) is 10.0 Å². The summed E-state index contributed by atoms with van der Waals surface area (Å²) < 4.78 is 27.8. The van der Waals surface area contributed by atoms with Gasteiger partial charge in [0.1, 0.15) is 4.90 Å². The Morgan fingerprint density at radius 1 is 1.29 bits per heavy atom. The zero-order chi connectivity index (χ0) is 15.5. The van der Waals surface area contributed by atoms with E-state index < -0.39 is 10.0 Å². The lowest BCUT2D eigenvalue weighted by Gasteiger charge is -2.12. The number of hydrogen-bond donors (Lipinski definition) is 2. The van der Waals surface area contributed by atoms with Gasteiger partial charge in [-0.1, -0.05) is 13.8 Å². The summed E-state index contributed by atoms with van der Waals surface area (Å²) in [6, 6.07) is 3.56. The number of nitrogens with one attached hydrogen (secondary N) is 2. The quantitative estimate of drug-likeness (QED) is 0.857. The molecule has 0 radical (unpaired) electrons. The van der Waals surface area contributed by atoms with E-state index in [4.69, 9.17) is 0 Å². The first kappa shape index (κ1) is 15.9. The minimum Gasteiger partial charge on any atom is -0.310 e. The van der Waals surface area contributed by atoms with Gasteiger partial charge in [-0.2, -0.15) is 0 Å². The van der Waals surface area contributed by atoms with Gasteiger partial charge in [-0.05, 0) is 30.0 Å². The Labute approximate surface area is 129 Å². The molecule has 0 fully saturated rings. The molecule has 2 aromatic heterocycles. The number of aryl methyl sites for hydroxylation is 1. The van der Waals surface area contributed by atoms with Crippen molar-refractivity contribution in [1.29, 1.82) is 0 Å². The monoisotopic (exact) mass is 325 g/mol. The van der Waals surface area contributed by atoms with E-state index in [1.165, 1.54) is 11.3 Å². The van der Waals surface area contributed by atoms with Crippen molar-refractivity contribution in [1.82, 2.24) is 10.3 Å². The van der Waals surface area contributed by atoms with Crippen LogP contribution in [0.15, 0.2) is 34.8 Å². The molecule has 0 saturated carbocycles. The van der Waals surface area contributed by atoms with Crippen LogP contribution in [0.4, 0.5) is 5.69 Å². The number of pyridine rings is 1. The number of sulfonamides is 1. The molecule has 0 aliphatic carbocycles. The van der Waals surface area contributed by atoms with Gasteiger partial charge in [0.2, 0.25) is 0 Å². The van der Waals surface area contributed by atoms with Crippen LogP contribution in [-0.4, -0.2) is 19.4 Å². The first-order valence-corrected chi connectivity index (χ1v) is 8.99. The molecule has 0 amide bonds. The van der Waals surface area contributed by atoms with Gasteiger partial charge in [-0.25, -0.2) is 8.42 Å². The third-order valence-corrected chi connectivity index (χ3v) is 5.71. The molecule has 0 aliphatic heterocycles. The number of anilines is 1. The van der Waals surface area contributed by atoms with Crippen LogP contribution >= 0.6 is 11.3 Å². The van der Waals surface area contributed by atoms with Crippen LogP contribution in [0.25, 0.3) is 0 Å². The number of rotatable bonds is 6. The van der Waals surface area contributed by atoms with Gasteiger partial charge < -0.3 is 5.32 Å². The van der Waals surface area contributed by atoms with Crippen molar-refractivity contribution < 1.29 is 8.42 Å². The first-order valence-electron chi connectivity index (χ1n) is 6.63. The normalized spacial score (nSPS) is 11.8. The highest BCUT2D eigenvalue weighted by Gasteiger charge is 2.23. The Balaban J connectivity index is 2.29. The Kier molecular flexibility index (Phi) is 4.97. The van der Waals surface area contributed by atoms with Crippen LogP contribution in [0.1, 0.15) is 24.3 Å². The lowest BCUT2D eigenvalue weighted by atomic mass is 10.3. The molecule has 2 rings (SSSR count). The molecule has 21 heavy (non-hydrogen) atoms. The van der Waals surface area contributed by atoms with Crippen LogP contribution in [-0.2, 0) is 16.6 Å². The second-order valence-corrected chi connectivity index (χ2v) is 7.63.